The van der Waals surface area contributed by atoms with Crippen LogP contribution in [0.2, 0.25) is 0 Å². The normalized spacial score (nSPS) is 21.3. The number of pyridine rings is 1. The van der Waals surface area contributed by atoms with Crippen molar-refractivity contribution < 1.29 is 4.79 Å². The first-order chi connectivity index (χ1) is 15.1. The van der Waals surface area contributed by atoms with Crippen LogP contribution in [0.4, 0.5) is 0 Å². The molecule has 5 nitrogen and oxygen atoms in total. The van der Waals surface area contributed by atoms with Gasteiger partial charge in [-0.05, 0) is 55.6 Å². The highest BCUT2D eigenvalue weighted by molar-refractivity contribution is 5.87. The number of aryl methyl sites for hydroxylation is 1. The molecule has 2 bridgehead atoms. The summed E-state index contributed by atoms with van der Waals surface area (Å²) in [6.45, 7) is 6.40. The smallest absolute Gasteiger partial charge is 0.220 e. The van der Waals surface area contributed by atoms with Gasteiger partial charge < -0.3 is 9.88 Å². The Morgan fingerprint density at radius 3 is 2.90 bits per heavy atom. The van der Waals surface area contributed by atoms with E-state index in [9.17, 15) is 4.79 Å². The van der Waals surface area contributed by atoms with Crippen LogP contribution in [0, 0.1) is 6.92 Å². The molecule has 1 amide bonds. The van der Waals surface area contributed by atoms with Crippen LogP contribution < -0.4 is 5.32 Å². The fraction of sp³-hybridized carbons (Fsp3) is 0.462. The Balaban J connectivity index is 1.63. The van der Waals surface area contributed by atoms with E-state index in [0.29, 0.717) is 18.5 Å². The summed E-state index contributed by atoms with van der Waals surface area (Å²) in [7, 11) is 1.72. The molecular weight excluding hydrogens is 384 g/mol. The van der Waals surface area contributed by atoms with Crippen LogP contribution in [0.15, 0.2) is 42.7 Å². The number of nitrogens with one attached hydrogen (secondary N) is 1. The molecular formula is C26H32N4O. The minimum atomic E-state index is 0.0762. The maximum atomic E-state index is 12.4. The van der Waals surface area contributed by atoms with Gasteiger partial charge in [0.05, 0.1) is 0 Å². The SMILES string of the molecule is CCN1C2CCC1c1c(n(CC(CC(=O)NC)c3cccnc3)c3ccc(C)cc13)C2. The number of hydrogen-bond donors (Lipinski definition) is 1. The molecule has 0 radical (unpaired) electrons. The molecule has 0 saturated carbocycles. The predicted octanol–water partition coefficient (Wildman–Crippen LogP) is 4.35. The van der Waals surface area contributed by atoms with Gasteiger partial charge in [0.15, 0.2) is 0 Å². The average molecular weight is 417 g/mol. The number of likely N-dealkylation sites (N-methyl/N-ethyl adjacent to an activating group) is 1. The molecule has 1 saturated heterocycles. The number of carbonyl (C=O) groups is 1. The second kappa shape index (κ2) is 8.12. The van der Waals surface area contributed by atoms with Crippen LogP contribution in [0.25, 0.3) is 10.9 Å². The number of hydrogen-bond acceptors (Lipinski definition) is 3. The summed E-state index contributed by atoms with van der Waals surface area (Å²) in [5.41, 5.74) is 6.78. The maximum Gasteiger partial charge on any atom is 0.220 e. The number of carbonyl (C=O) groups excluding carboxylic acids is 1. The summed E-state index contributed by atoms with van der Waals surface area (Å²) >= 11 is 0. The first-order valence-electron chi connectivity index (χ1n) is 11.6. The maximum absolute atomic E-state index is 12.4. The van der Waals surface area contributed by atoms with Crippen molar-refractivity contribution in [3.8, 4) is 0 Å². The average Bonchev–Trinajstić information content (AvgIpc) is 3.25. The third-order valence-electron chi connectivity index (χ3n) is 7.41. The standard InChI is InChI=1S/C26H32N4O/c1-4-29-20-8-10-23(29)26-21-12-17(2)7-9-22(21)30(24(26)14-20)16-19(13-25(31)27-3)18-6-5-11-28-15-18/h5-7,9,11-12,15,19-20,23H,4,8,10,13-14,16H2,1-3H3,(H,27,31). The zero-order valence-corrected chi connectivity index (χ0v) is 18.8. The van der Waals surface area contributed by atoms with Gasteiger partial charge in [0.1, 0.15) is 0 Å². The predicted molar refractivity (Wildman–Crippen MR) is 124 cm³/mol. The van der Waals surface area contributed by atoms with Crippen LogP contribution in [0.3, 0.4) is 0 Å². The zero-order chi connectivity index (χ0) is 21.5. The lowest BCUT2D eigenvalue weighted by atomic mass is 9.95. The molecule has 2 aromatic heterocycles. The van der Waals surface area contributed by atoms with E-state index in [4.69, 9.17) is 0 Å². The molecule has 3 unspecified atom stereocenters. The summed E-state index contributed by atoms with van der Waals surface area (Å²) in [5, 5.41) is 4.22. The lowest BCUT2D eigenvalue weighted by Gasteiger charge is -2.35. The van der Waals surface area contributed by atoms with Crippen LogP contribution >= 0.6 is 0 Å². The fourth-order valence-electron chi connectivity index (χ4n) is 5.97. The molecule has 162 valence electrons. The summed E-state index contributed by atoms with van der Waals surface area (Å²) in [6.07, 6.45) is 7.82. The van der Waals surface area contributed by atoms with Gasteiger partial charge in [0, 0.05) is 73.4 Å². The number of fused-ring (bicyclic) bond motifs is 6. The molecule has 5 rings (SSSR count). The van der Waals surface area contributed by atoms with Crippen molar-refractivity contribution in [1.82, 2.24) is 19.8 Å². The monoisotopic (exact) mass is 416 g/mol. The van der Waals surface area contributed by atoms with E-state index in [1.807, 2.05) is 12.3 Å². The quantitative estimate of drug-likeness (QED) is 0.650. The van der Waals surface area contributed by atoms with Crippen LogP contribution in [0.1, 0.15) is 60.5 Å². The minimum absolute atomic E-state index is 0.0762. The molecule has 0 spiro atoms. The largest absolute Gasteiger partial charge is 0.359 e. The molecule has 31 heavy (non-hydrogen) atoms. The molecule has 1 aromatic carbocycles. The van der Waals surface area contributed by atoms with Crippen molar-refractivity contribution >= 4 is 16.8 Å². The molecule has 4 heterocycles. The van der Waals surface area contributed by atoms with Crippen molar-refractivity contribution in [2.24, 2.45) is 0 Å². The van der Waals surface area contributed by atoms with Crippen molar-refractivity contribution in [2.45, 2.75) is 64.1 Å². The summed E-state index contributed by atoms with van der Waals surface area (Å²) < 4.78 is 2.53. The van der Waals surface area contributed by atoms with E-state index < -0.39 is 0 Å². The number of amides is 1. The minimum Gasteiger partial charge on any atom is -0.359 e. The van der Waals surface area contributed by atoms with Crippen LogP contribution in [-0.2, 0) is 17.8 Å². The second-order valence-corrected chi connectivity index (χ2v) is 9.13. The van der Waals surface area contributed by atoms with Crippen molar-refractivity contribution in [3.05, 3.63) is 65.1 Å². The van der Waals surface area contributed by atoms with Crippen molar-refractivity contribution in [3.63, 3.8) is 0 Å². The highest BCUT2D eigenvalue weighted by Gasteiger charge is 2.42. The Morgan fingerprint density at radius 1 is 1.29 bits per heavy atom. The van der Waals surface area contributed by atoms with Crippen LogP contribution in [-0.4, -0.2) is 40.0 Å². The van der Waals surface area contributed by atoms with E-state index in [-0.39, 0.29) is 11.8 Å². The lowest BCUT2D eigenvalue weighted by Crippen LogP contribution is -2.37. The topological polar surface area (TPSA) is 50.2 Å². The van der Waals surface area contributed by atoms with Crippen molar-refractivity contribution in [2.75, 3.05) is 13.6 Å². The van der Waals surface area contributed by atoms with E-state index in [1.54, 1.807) is 18.8 Å². The Labute approximate surface area is 184 Å². The Morgan fingerprint density at radius 2 is 2.16 bits per heavy atom. The van der Waals surface area contributed by atoms with Gasteiger partial charge in [-0.1, -0.05) is 24.6 Å². The van der Waals surface area contributed by atoms with Crippen molar-refractivity contribution in [1.29, 1.82) is 0 Å². The molecule has 3 aromatic rings. The van der Waals surface area contributed by atoms with Gasteiger partial charge in [-0.15, -0.1) is 0 Å². The summed E-state index contributed by atoms with van der Waals surface area (Å²) in [5.74, 6) is 0.170. The summed E-state index contributed by atoms with van der Waals surface area (Å²) in [6, 6.07) is 12.1. The van der Waals surface area contributed by atoms with E-state index >= 15 is 0 Å². The van der Waals surface area contributed by atoms with Gasteiger partial charge in [-0.2, -0.15) is 0 Å². The number of rotatable bonds is 6. The molecule has 5 heteroatoms. The first-order valence-corrected chi connectivity index (χ1v) is 11.6. The highest BCUT2D eigenvalue weighted by atomic mass is 16.1. The number of benzene rings is 1. The zero-order valence-electron chi connectivity index (χ0n) is 18.8. The summed E-state index contributed by atoms with van der Waals surface area (Å²) in [4.78, 5) is 19.4. The second-order valence-electron chi connectivity index (χ2n) is 9.13. The van der Waals surface area contributed by atoms with Gasteiger partial charge in [-0.25, -0.2) is 0 Å². The molecule has 2 aliphatic rings. The number of nitrogens with zero attached hydrogens (tertiary/aromatic N) is 3. The molecule has 1 fully saturated rings. The van der Waals surface area contributed by atoms with Gasteiger partial charge in [0.25, 0.3) is 0 Å². The molecule has 0 aliphatic carbocycles. The Kier molecular flexibility index (Phi) is 5.30. The number of aromatic nitrogens is 2. The Bertz CT molecular complexity index is 1100. The van der Waals surface area contributed by atoms with Gasteiger partial charge in [0.2, 0.25) is 5.91 Å². The first kappa shape index (κ1) is 20.3. The van der Waals surface area contributed by atoms with E-state index in [0.717, 1.165) is 25.1 Å². The van der Waals surface area contributed by atoms with E-state index in [1.165, 1.54) is 35.0 Å². The Hall–Kier alpha value is -2.66. The molecule has 2 aliphatic heterocycles. The fourth-order valence-corrected chi connectivity index (χ4v) is 5.97. The van der Waals surface area contributed by atoms with Gasteiger partial charge in [-0.3, -0.25) is 14.7 Å². The third-order valence-corrected chi connectivity index (χ3v) is 7.41. The molecule has 3 atom stereocenters. The highest BCUT2D eigenvalue weighted by Crippen LogP contribution is 2.48. The van der Waals surface area contributed by atoms with E-state index in [2.05, 4.69) is 57.9 Å². The molecule has 1 N–H and O–H groups in total. The third kappa shape index (κ3) is 3.45. The van der Waals surface area contributed by atoms with Crippen LogP contribution in [0.5, 0.6) is 0 Å². The lowest BCUT2D eigenvalue weighted by molar-refractivity contribution is -0.121. The van der Waals surface area contributed by atoms with Gasteiger partial charge >= 0.3 is 0 Å².